The summed E-state index contributed by atoms with van der Waals surface area (Å²) in [4.78, 5) is 0. The second-order valence-corrected chi connectivity index (χ2v) is 3.46. The minimum atomic E-state index is -0.431. The van der Waals surface area contributed by atoms with Crippen molar-refractivity contribution in [2.24, 2.45) is 0 Å². The number of methoxy groups -OCH3 is 1. The Morgan fingerprint density at radius 3 is 2.69 bits per heavy atom. The number of rotatable bonds is 2. The van der Waals surface area contributed by atoms with Crippen LogP contribution >= 0.6 is 0 Å². The highest BCUT2D eigenvalue weighted by Crippen LogP contribution is 2.28. The molecule has 0 spiro atoms. The Labute approximate surface area is 92.2 Å². The summed E-state index contributed by atoms with van der Waals surface area (Å²) in [5.74, 6) is -0.227. The van der Waals surface area contributed by atoms with Crippen LogP contribution in [0, 0.1) is 12.7 Å². The predicted octanol–water partition coefficient (Wildman–Crippen LogP) is 2.12. The molecule has 0 amide bonds. The molecule has 0 aliphatic heterocycles. The summed E-state index contributed by atoms with van der Waals surface area (Å²) in [5, 5.41) is 6.78. The van der Waals surface area contributed by atoms with E-state index in [-0.39, 0.29) is 5.75 Å². The summed E-state index contributed by atoms with van der Waals surface area (Å²) in [5.41, 5.74) is 8.29. The number of anilines is 1. The van der Waals surface area contributed by atoms with Crippen molar-refractivity contribution in [2.45, 2.75) is 6.92 Å². The molecule has 0 saturated carbocycles. The summed E-state index contributed by atoms with van der Waals surface area (Å²) >= 11 is 0. The molecule has 3 N–H and O–H groups in total. The van der Waals surface area contributed by atoms with Crippen LogP contribution in [0.2, 0.25) is 0 Å². The van der Waals surface area contributed by atoms with Crippen LogP contribution in [0.1, 0.15) is 5.69 Å². The molecular weight excluding hydrogens is 209 g/mol. The monoisotopic (exact) mass is 221 g/mol. The fourth-order valence-corrected chi connectivity index (χ4v) is 1.47. The molecule has 0 atom stereocenters. The molecule has 0 fully saturated rings. The maximum atomic E-state index is 13.5. The second kappa shape index (κ2) is 3.84. The Morgan fingerprint density at radius 2 is 2.19 bits per heavy atom. The Morgan fingerprint density at radius 1 is 1.44 bits per heavy atom. The van der Waals surface area contributed by atoms with E-state index in [1.54, 1.807) is 12.1 Å². The minimum Gasteiger partial charge on any atom is -0.494 e. The topological polar surface area (TPSA) is 63.9 Å². The van der Waals surface area contributed by atoms with Gasteiger partial charge >= 0.3 is 0 Å². The third-order valence-corrected chi connectivity index (χ3v) is 2.42. The van der Waals surface area contributed by atoms with Crippen LogP contribution in [-0.2, 0) is 0 Å². The average molecular weight is 221 g/mol. The van der Waals surface area contributed by atoms with Crippen molar-refractivity contribution in [3.05, 3.63) is 29.7 Å². The van der Waals surface area contributed by atoms with E-state index in [2.05, 4.69) is 10.2 Å². The number of nitrogens with two attached hydrogens (primary N) is 1. The van der Waals surface area contributed by atoms with Crippen molar-refractivity contribution >= 4 is 5.69 Å². The number of hydrogen-bond acceptors (Lipinski definition) is 3. The zero-order valence-electron chi connectivity index (χ0n) is 9.04. The van der Waals surface area contributed by atoms with E-state index in [9.17, 15) is 4.39 Å². The zero-order chi connectivity index (χ0) is 11.7. The highest BCUT2D eigenvalue weighted by molar-refractivity contribution is 5.74. The molecule has 0 aliphatic rings. The van der Waals surface area contributed by atoms with E-state index in [0.29, 0.717) is 16.9 Å². The summed E-state index contributed by atoms with van der Waals surface area (Å²) < 4.78 is 18.3. The van der Waals surface area contributed by atoms with Gasteiger partial charge in [0.15, 0.2) is 11.6 Å². The first-order valence-corrected chi connectivity index (χ1v) is 4.78. The number of aryl methyl sites for hydroxylation is 1. The van der Waals surface area contributed by atoms with Crippen LogP contribution in [0.3, 0.4) is 0 Å². The van der Waals surface area contributed by atoms with Crippen LogP contribution in [0.5, 0.6) is 5.75 Å². The minimum absolute atomic E-state index is 0.203. The summed E-state index contributed by atoms with van der Waals surface area (Å²) in [6.07, 6.45) is 0. The standard InChI is InChI=1S/C11H12FN3O/c1-6-10(13)11(15-14-6)7-3-4-9(16-2)8(12)5-7/h3-5H,13H2,1-2H3,(H,14,15). The Kier molecular flexibility index (Phi) is 2.52. The lowest BCUT2D eigenvalue weighted by atomic mass is 10.1. The number of H-pyrrole nitrogens is 1. The van der Waals surface area contributed by atoms with Gasteiger partial charge in [-0.1, -0.05) is 0 Å². The molecule has 4 nitrogen and oxygen atoms in total. The Hall–Kier alpha value is -2.04. The van der Waals surface area contributed by atoms with Gasteiger partial charge in [0.05, 0.1) is 18.5 Å². The SMILES string of the molecule is COc1ccc(-c2n[nH]c(C)c2N)cc1F. The quantitative estimate of drug-likeness (QED) is 0.816. The van der Waals surface area contributed by atoms with Gasteiger partial charge in [-0.3, -0.25) is 5.10 Å². The van der Waals surface area contributed by atoms with Gasteiger partial charge in [0.2, 0.25) is 0 Å². The van der Waals surface area contributed by atoms with Gasteiger partial charge in [0.1, 0.15) is 5.69 Å². The van der Waals surface area contributed by atoms with Crippen molar-refractivity contribution in [1.82, 2.24) is 10.2 Å². The van der Waals surface area contributed by atoms with Crippen molar-refractivity contribution < 1.29 is 9.13 Å². The molecule has 84 valence electrons. The number of ether oxygens (including phenoxy) is 1. The van der Waals surface area contributed by atoms with Gasteiger partial charge in [0.25, 0.3) is 0 Å². The molecule has 1 aromatic heterocycles. The number of nitrogens with zero attached hydrogens (tertiary/aromatic N) is 1. The molecule has 1 heterocycles. The van der Waals surface area contributed by atoms with Gasteiger partial charge in [-0.15, -0.1) is 0 Å². The number of aromatic nitrogens is 2. The summed E-state index contributed by atoms with van der Waals surface area (Å²) in [6.45, 7) is 1.81. The molecule has 5 heteroatoms. The third-order valence-electron chi connectivity index (χ3n) is 2.42. The maximum absolute atomic E-state index is 13.5. The van der Waals surface area contributed by atoms with E-state index >= 15 is 0 Å². The predicted molar refractivity (Wildman–Crippen MR) is 59.7 cm³/mol. The Bertz CT molecular complexity index is 522. The highest BCUT2D eigenvalue weighted by Gasteiger charge is 2.11. The summed E-state index contributed by atoms with van der Waals surface area (Å²) in [7, 11) is 1.42. The smallest absolute Gasteiger partial charge is 0.165 e. The van der Waals surface area contributed by atoms with E-state index in [1.165, 1.54) is 13.2 Å². The van der Waals surface area contributed by atoms with E-state index in [0.717, 1.165) is 5.69 Å². The molecule has 0 saturated heterocycles. The van der Waals surface area contributed by atoms with Crippen LogP contribution in [-0.4, -0.2) is 17.3 Å². The first kappa shape index (κ1) is 10.5. The van der Waals surface area contributed by atoms with E-state index < -0.39 is 5.82 Å². The van der Waals surface area contributed by atoms with Crippen LogP contribution in [0.4, 0.5) is 10.1 Å². The average Bonchev–Trinajstić information content (AvgIpc) is 2.60. The number of aromatic amines is 1. The lowest BCUT2D eigenvalue weighted by Crippen LogP contribution is -1.91. The first-order valence-electron chi connectivity index (χ1n) is 4.78. The number of halogens is 1. The van der Waals surface area contributed by atoms with Crippen molar-refractivity contribution in [1.29, 1.82) is 0 Å². The van der Waals surface area contributed by atoms with Crippen molar-refractivity contribution in [2.75, 3.05) is 12.8 Å². The van der Waals surface area contributed by atoms with Gasteiger partial charge < -0.3 is 10.5 Å². The molecule has 0 radical (unpaired) electrons. The van der Waals surface area contributed by atoms with Crippen molar-refractivity contribution in [3.63, 3.8) is 0 Å². The van der Waals surface area contributed by atoms with Gasteiger partial charge in [-0.05, 0) is 25.1 Å². The maximum Gasteiger partial charge on any atom is 0.165 e. The number of nitrogens with one attached hydrogen (secondary N) is 1. The molecule has 2 rings (SSSR count). The van der Waals surface area contributed by atoms with E-state index in [1.807, 2.05) is 6.92 Å². The third kappa shape index (κ3) is 1.60. The zero-order valence-corrected chi connectivity index (χ0v) is 9.04. The van der Waals surface area contributed by atoms with Crippen molar-refractivity contribution in [3.8, 4) is 17.0 Å². The molecule has 0 bridgehead atoms. The first-order chi connectivity index (χ1) is 7.63. The van der Waals surface area contributed by atoms with Gasteiger partial charge in [0, 0.05) is 5.56 Å². The second-order valence-electron chi connectivity index (χ2n) is 3.46. The summed E-state index contributed by atoms with van der Waals surface area (Å²) in [6, 6.07) is 4.62. The molecular formula is C11H12FN3O. The van der Waals surface area contributed by atoms with Gasteiger partial charge in [-0.2, -0.15) is 5.10 Å². The normalized spacial score (nSPS) is 10.4. The lowest BCUT2D eigenvalue weighted by Gasteiger charge is -2.03. The highest BCUT2D eigenvalue weighted by atomic mass is 19.1. The Balaban J connectivity index is 2.49. The molecule has 16 heavy (non-hydrogen) atoms. The molecule has 1 aromatic carbocycles. The number of nitrogen functional groups attached to an aromatic ring is 1. The van der Waals surface area contributed by atoms with Crippen LogP contribution in [0.15, 0.2) is 18.2 Å². The number of hydrogen-bond donors (Lipinski definition) is 2. The fraction of sp³-hybridized carbons (Fsp3) is 0.182. The van der Waals surface area contributed by atoms with Gasteiger partial charge in [-0.25, -0.2) is 4.39 Å². The molecule has 2 aromatic rings. The van der Waals surface area contributed by atoms with E-state index in [4.69, 9.17) is 10.5 Å². The number of benzene rings is 1. The molecule has 0 aliphatic carbocycles. The van der Waals surface area contributed by atoms with Crippen LogP contribution < -0.4 is 10.5 Å². The molecule has 0 unspecified atom stereocenters. The largest absolute Gasteiger partial charge is 0.494 e. The van der Waals surface area contributed by atoms with Crippen LogP contribution in [0.25, 0.3) is 11.3 Å². The fourth-order valence-electron chi connectivity index (χ4n) is 1.47. The lowest BCUT2D eigenvalue weighted by molar-refractivity contribution is 0.386.